The number of nitrogens with zero attached hydrogens (tertiary/aromatic N) is 1. The monoisotopic (exact) mass is 235 g/mol. The minimum atomic E-state index is -0.889. The van der Waals surface area contributed by atoms with E-state index in [1.54, 1.807) is 29.5 Å². The normalized spacial score (nSPS) is 12.9. The quantitative estimate of drug-likeness (QED) is 0.885. The van der Waals surface area contributed by atoms with E-state index in [-0.39, 0.29) is 0 Å². The molecule has 0 bridgehead atoms. The lowest BCUT2D eigenvalue weighted by molar-refractivity contribution is 0.0697. The van der Waals surface area contributed by atoms with Crippen LogP contribution in [0.1, 0.15) is 41.6 Å². The first-order valence-electron chi connectivity index (χ1n) is 5.25. The van der Waals surface area contributed by atoms with Gasteiger partial charge in [0.05, 0.1) is 20.8 Å². The third kappa shape index (κ3) is 1.93. The molecule has 1 unspecified atom stereocenters. The number of rotatable bonds is 3. The van der Waals surface area contributed by atoms with Crippen LogP contribution in [0.4, 0.5) is 0 Å². The molecule has 0 saturated heterocycles. The molecule has 1 aromatic carbocycles. The summed E-state index contributed by atoms with van der Waals surface area (Å²) in [6.45, 7) is 4.26. The molecule has 0 aliphatic heterocycles. The van der Waals surface area contributed by atoms with Crippen LogP contribution >= 0.6 is 11.3 Å². The molecule has 84 valence electrons. The zero-order chi connectivity index (χ0) is 11.7. The van der Waals surface area contributed by atoms with Crippen molar-refractivity contribution in [1.29, 1.82) is 0 Å². The van der Waals surface area contributed by atoms with Gasteiger partial charge in [0.1, 0.15) is 0 Å². The molecule has 0 aliphatic carbocycles. The van der Waals surface area contributed by atoms with Gasteiger partial charge in [-0.2, -0.15) is 0 Å². The van der Waals surface area contributed by atoms with Crippen molar-refractivity contribution in [3.63, 3.8) is 0 Å². The molecule has 1 N–H and O–H groups in total. The topological polar surface area (TPSA) is 50.2 Å². The van der Waals surface area contributed by atoms with E-state index in [1.165, 1.54) is 0 Å². The van der Waals surface area contributed by atoms with Crippen molar-refractivity contribution in [1.82, 2.24) is 4.98 Å². The van der Waals surface area contributed by atoms with Gasteiger partial charge in [-0.1, -0.05) is 13.8 Å². The Labute approximate surface area is 97.8 Å². The summed E-state index contributed by atoms with van der Waals surface area (Å²) in [5.74, 6) is -0.453. The highest BCUT2D eigenvalue weighted by Gasteiger charge is 2.11. The molecule has 0 amide bonds. The number of hydrogen-bond acceptors (Lipinski definition) is 3. The predicted molar refractivity (Wildman–Crippen MR) is 65.3 cm³/mol. The van der Waals surface area contributed by atoms with Crippen molar-refractivity contribution in [2.75, 3.05) is 0 Å². The van der Waals surface area contributed by atoms with Crippen LogP contribution in [0, 0.1) is 0 Å². The third-order valence-electron chi connectivity index (χ3n) is 2.69. The Hall–Kier alpha value is -1.42. The van der Waals surface area contributed by atoms with Gasteiger partial charge in [-0.05, 0) is 24.6 Å². The van der Waals surface area contributed by atoms with Gasteiger partial charge in [0, 0.05) is 5.92 Å². The summed E-state index contributed by atoms with van der Waals surface area (Å²) in [6, 6.07) is 5.08. The molecule has 3 nitrogen and oxygen atoms in total. The molecule has 0 radical (unpaired) electrons. The lowest BCUT2D eigenvalue weighted by atomic mass is 10.1. The zero-order valence-electron chi connectivity index (χ0n) is 9.23. The van der Waals surface area contributed by atoms with Gasteiger partial charge >= 0.3 is 5.97 Å². The number of thiazole rings is 1. The number of hydrogen-bond donors (Lipinski definition) is 1. The molecule has 1 heterocycles. The number of benzene rings is 1. The summed E-state index contributed by atoms with van der Waals surface area (Å²) in [6.07, 6.45) is 1.05. The maximum Gasteiger partial charge on any atom is 0.335 e. The van der Waals surface area contributed by atoms with Crippen molar-refractivity contribution in [2.24, 2.45) is 0 Å². The Morgan fingerprint density at radius 2 is 2.31 bits per heavy atom. The highest BCUT2D eigenvalue weighted by molar-refractivity contribution is 7.18. The molecule has 0 spiro atoms. The van der Waals surface area contributed by atoms with Crippen molar-refractivity contribution in [2.45, 2.75) is 26.2 Å². The summed E-state index contributed by atoms with van der Waals surface area (Å²) in [5, 5.41) is 9.97. The summed E-state index contributed by atoms with van der Waals surface area (Å²) >= 11 is 1.59. The van der Waals surface area contributed by atoms with Gasteiger partial charge in [0.25, 0.3) is 0 Å². The van der Waals surface area contributed by atoms with Crippen LogP contribution in [0.3, 0.4) is 0 Å². The van der Waals surface area contributed by atoms with Crippen LogP contribution in [0.15, 0.2) is 18.2 Å². The fourth-order valence-corrected chi connectivity index (χ4v) is 2.60. The SMILES string of the molecule is CCC(C)c1nc2ccc(C(=O)O)cc2s1. The maximum absolute atomic E-state index is 10.8. The first-order chi connectivity index (χ1) is 7.61. The molecule has 0 saturated carbocycles. The Morgan fingerprint density at radius 3 is 2.94 bits per heavy atom. The number of carbonyl (C=O) groups is 1. The first kappa shape index (κ1) is 11.1. The van der Waals surface area contributed by atoms with Crippen LogP contribution in [0.25, 0.3) is 10.2 Å². The minimum absolute atomic E-state index is 0.326. The lowest BCUT2D eigenvalue weighted by Crippen LogP contribution is -1.94. The minimum Gasteiger partial charge on any atom is -0.478 e. The smallest absolute Gasteiger partial charge is 0.335 e. The molecular weight excluding hydrogens is 222 g/mol. The van der Waals surface area contributed by atoms with Gasteiger partial charge in [-0.3, -0.25) is 0 Å². The van der Waals surface area contributed by atoms with Gasteiger partial charge in [-0.25, -0.2) is 9.78 Å². The molecule has 1 atom stereocenters. The van der Waals surface area contributed by atoms with E-state index in [0.717, 1.165) is 21.6 Å². The molecule has 4 heteroatoms. The van der Waals surface area contributed by atoms with Gasteiger partial charge in [-0.15, -0.1) is 11.3 Å². The molecule has 2 aromatic rings. The van der Waals surface area contributed by atoms with E-state index in [9.17, 15) is 4.79 Å². The first-order valence-corrected chi connectivity index (χ1v) is 6.07. The Morgan fingerprint density at radius 1 is 1.56 bits per heavy atom. The van der Waals surface area contributed by atoms with Crippen LogP contribution < -0.4 is 0 Å². The number of carboxylic acid groups (broad SMARTS) is 1. The van der Waals surface area contributed by atoms with Crippen LogP contribution in [-0.2, 0) is 0 Å². The Kier molecular flexibility index (Phi) is 2.92. The fraction of sp³-hybridized carbons (Fsp3) is 0.333. The van der Waals surface area contributed by atoms with E-state index in [2.05, 4.69) is 18.8 Å². The number of aromatic carboxylic acids is 1. The van der Waals surface area contributed by atoms with Crippen molar-refractivity contribution < 1.29 is 9.90 Å². The number of carboxylic acids is 1. The molecule has 16 heavy (non-hydrogen) atoms. The largest absolute Gasteiger partial charge is 0.478 e. The second-order valence-corrected chi connectivity index (χ2v) is 4.91. The Bertz CT molecular complexity index is 533. The number of fused-ring (bicyclic) bond motifs is 1. The van der Waals surface area contributed by atoms with Gasteiger partial charge < -0.3 is 5.11 Å². The second-order valence-electron chi connectivity index (χ2n) is 3.85. The number of aromatic nitrogens is 1. The predicted octanol–water partition coefficient (Wildman–Crippen LogP) is 3.51. The summed E-state index contributed by atoms with van der Waals surface area (Å²) in [7, 11) is 0. The van der Waals surface area contributed by atoms with Crippen LogP contribution in [0.2, 0.25) is 0 Å². The van der Waals surface area contributed by atoms with E-state index < -0.39 is 5.97 Å². The van der Waals surface area contributed by atoms with E-state index in [1.807, 2.05) is 0 Å². The van der Waals surface area contributed by atoms with Crippen molar-refractivity contribution >= 4 is 27.5 Å². The van der Waals surface area contributed by atoms with Gasteiger partial charge in [0.2, 0.25) is 0 Å². The average molecular weight is 235 g/mol. The highest BCUT2D eigenvalue weighted by Crippen LogP contribution is 2.29. The molecule has 2 rings (SSSR count). The van der Waals surface area contributed by atoms with E-state index >= 15 is 0 Å². The van der Waals surface area contributed by atoms with Crippen molar-refractivity contribution in [3.8, 4) is 0 Å². The average Bonchev–Trinajstić information content (AvgIpc) is 2.70. The Balaban J connectivity index is 2.49. The molecular formula is C12H13NO2S. The van der Waals surface area contributed by atoms with E-state index in [4.69, 9.17) is 5.11 Å². The molecule has 1 aromatic heterocycles. The fourth-order valence-electron chi connectivity index (χ4n) is 1.46. The maximum atomic E-state index is 10.8. The van der Waals surface area contributed by atoms with Crippen LogP contribution in [0.5, 0.6) is 0 Å². The third-order valence-corrected chi connectivity index (χ3v) is 3.94. The molecule has 0 aliphatic rings. The summed E-state index contributed by atoms with van der Waals surface area (Å²) in [5.41, 5.74) is 1.22. The second kappa shape index (κ2) is 4.22. The van der Waals surface area contributed by atoms with Gasteiger partial charge in [0.15, 0.2) is 0 Å². The van der Waals surface area contributed by atoms with Crippen LogP contribution in [-0.4, -0.2) is 16.1 Å². The van der Waals surface area contributed by atoms with Crippen molar-refractivity contribution in [3.05, 3.63) is 28.8 Å². The molecule has 0 fully saturated rings. The summed E-state index contributed by atoms with van der Waals surface area (Å²) < 4.78 is 0.954. The zero-order valence-corrected chi connectivity index (χ0v) is 10.0. The van der Waals surface area contributed by atoms with E-state index in [0.29, 0.717) is 11.5 Å². The highest BCUT2D eigenvalue weighted by atomic mass is 32.1. The lowest BCUT2D eigenvalue weighted by Gasteiger charge is -2.00. The standard InChI is InChI=1S/C12H13NO2S/c1-3-7(2)11-13-9-5-4-8(12(14)15)6-10(9)16-11/h4-7H,3H2,1-2H3,(H,14,15). The summed E-state index contributed by atoms with van der Waals surface area (Å²) in [4.78, 5) is 15.3.